The van der Waals surface area contributed by atoms with Crippen molar-refractivity contribution in [3.8, 4) is 0 Å². The smallest absolute Gasteiger partial charge is 0.261 e. The quantitative estimate of drug-likeness (QED) is 0.403. The van der Waals surface area contributed by atoms with Gasteiger partial charge in [-0.15, -0.1) is 0 Å². The summed E-state index contributed by atoms with van der Waals surface area (Å²) >= 11 is 0. The molecule has 0 amide bonds. The number of hydrogen-bond acceptors (Lipinski definition) is 4. The van der Waals surface area contributed by atoms with Crippen LogP contribution in [0.25, 0.3) is 0 Å². The molecule has 0 spiro atoms. The van der Waals surface area contributed by atoms with Gasteiger partial charge in [0.25, 0.3) is 8.32 Å². The lowest BCUT2D eigenvalue weighted by molar-refractivity contribution is -0.145. The first-order chi connectivity index (χ1) is 16.1. The Morgan fingerprint density at radius 3 is 2.06 bits per heavy atom. The summed E-state index contributed by atoms with van der Waals surface area (Å²) in [6.07, 6.45) is 2.85. The maximum absolute atomic E-state index is 7.12. The summed E-state index contributed by atoms with van der Waals surface area (Å²) in [6, 6.07) is 21.5. The molecule has 34 heavy (non-hydrogen) atoms. The zero-order valence-corrected chi connectivity index (χ0v) is 22.4. The normalized spacial score (nSPS) is 25.4. The first-order valence-corrected chi connectivity index (χ1v) is 14.4. The molecule has 2 saturated heterocycles. The molecule has 0 aliphatic carbocycles. The van der Waals surface area contributed by atoms with E-state index in [1.165, 1.54) is 10.4 Å². The molecule has 1 unspecified atom stereocenters. The Balaban J connectivity index is 1.55. The van der Waals surface area contributed by atoms with E-state index in [2.05, 4.69) is 88.0 Å². The lowest BCUT2D eigenvalue weighted by Crippen LogP contribution is -2.67. The van der Waals surface area contributed by atoms with Gasteiger partial charge in [-0.25, -0.2) is 0 Å². The summed E-state index contributed by atoms with van der Waals surface area (Å²) in [5.41, 5.74) is 1.12. The number of ether oxygens (including phenoxy) is 3. The van der Waals surface area contributed by atoms with Crippen LogP contribution in [0, 0.1) is 0 Å². The van der Waals surface area contributed by atoms with Gasteiger partial charge in [-0.1, -0.05) is 88.0 Å². The average molecular weight is 481 g/mol. The molecule has 2 aliphatic heterocycles. The minimum absolute atomic E-state index is 0.0638. The van der Waals surface area contributed by atoms with E-state index in [9.17, 15) is 0 Å². The lowest BCUT2D eigenvalue weighted by atomic mass is 9.96. The minimum atomic E-state index is -2.61. The van der Waals surface area contributed by atoms with E-state index in [1.807, 2.05) is 13.8 Å². The van der Waals surface area contributed by atoms with Gasteiger partial charge in [0.15, 0.2) is 5.79 Å². The largest absolute Gasteiger partial charge is 0.404 e. The maximum atomic E-state index is 7.12. The zero-order chi connectivity index (χ0) is 24.4. The fraction of sp³-hybridized carbons (Fsp3) is 0.517. The van der Waals surface area contributed by atoms with Crippen LogP contribution in [-0.4, -0.2) is 45.6 Å². The number of benzene rings is 2. The van der Waals surface area contributed by atoms with Crippen molar-refractivity contribution in [1.29, 1.82) is 0 Å². The Bertz CT molecular complexity index is 912. The van der Waals surface area contributed by atoms with Crippen molar-refractivity contribution in [1.82, 2.24) is 0 Å². The molecule has 0 N–H and O–H groups in total. The molecule has 2 aromatic rings. The first-order valence-electron chi connectivity index (χ1n) is 12.5. The molecule has 2 fully saturated rings. The highest BCUT2D eigenvalue weighted by molar-refractivity contribution is 6.99. The third-order valence-electron chi connectivity index (χ3n) is 7.06. The van der Waals surface area contributed by atoms with E-state index in [0.717, 1.165) is 24.8 Å². The average Bonchev–Trinajstić information content (AvgIpc) is 3.14. The van der Waals surface area contributed by atoms with E-state index in [4.69, 9.17) is 18.6 Å². The monoisotopic (exact) mass is 480 g/mol. The second kappa shape index (κ2) is 10.1. The third kappa shape index (κ3) is 5.39. The van der Waals surface area contributed by atoms with Crippen LogP contribution >= 0.6 is 0 Å². The lowest BCUT2D eigenvalue weighted by Gasteiger charge is -2.44. The van der Waals surface area contributed by atoms with Gasteiger partial charge in [0.2, 0.25) is 0 Å². The predicted octanol–water partition coefficient (Wildman–Crippen LogP) is 5.21. The fourth-order valence-electron chi connectivity index (χ4n) is 5.37. The van der Waals surface area contributed by atoms with Crippen molar-refractivity contribution in [2.24, 2.45) is 0 Å². The van der Waals surface area contributed by atoms with Crippen LogP contribution in [0.2, 0.25) is 5.04 Å². The van der Waals surface area contributed by atoms with Gasteiger partial charge in [-0.05, 0) is 47.7 Å². The standard InChI is InChI=1S/C29H40O4Si/c1-22-17-18-23(19-24-20-30-29(5,6)33-24)32-27(22)21-31-34(28(2,3)4,25-13-9-7-10-14-25)26-15-11-8-12-16-26/h7-16,23-24,27H,1,17-21H2,2-6H3/t23-,24?,27+/m0/s1. The van der Waals surface area contributed by atoms with Gasteiger partial charge in [0, 0.05) is 6.42 Å². The summed E-state index contributed by atoms with van der Waals surface area (Å²) in [5, 5.41) is 2.50. The van der Waals surface area contributed by atoms with Crippen LogP contribution < -0.4 is 10.4 Å². The van der Waals surface area contributed by atoms with Crippen molar-refractivity contribution in [2.75, 3.05) is 13.2 Å². The van der Waals surface area contributed by atoms with Crippen molar-refractivity contribution in [3.63, 3.8) is 0 Å². The Labute approximate surface area is 206 Å². The second-order valence-corrected chi connectivity index (χ2v) is 15.4. The summed E-state index contributed by atoms with van der Waals surface area (Å²) < 4.78 is 25.5. The topological polar surface area (TPSA) is 36.9 Å². The summed E-state index contributed by atoms with van der Waals surface area (Å²) in [4.78, 5) is 0. The van der Waals surface area contributed by atoms with Crippen LogP contribution in [0.4, 0.5) is 0 Å². The molecule has 4 rings (SSSR count). The highest BCUT2D eigenvalue weighted by Crippen LogP contribution is 2.38. The summed E-state index contributed by atoms with van der Waals surface area (Å²) in [6.45, 7) is 16.3. The first kappa shape index (κ1) is 25.3. The van der Waals surface area contributed by atoms with Gasteiger partial charge in [0.05, 0.1) is 25.4 Å². The molecule has 0 bridgehead atoms. The Morgan fingerprint density at radius 2 is 1.56 bits per heavy atom. The van der Waals surface area contributed by atoms with Crippen molar-refractivity contribution >= 4 is 18.7 Å². The van der Waals surface area contributed by atoms with Gasteiger partial charge < -0.3 is 18.6 Å². The Morgan fingerprint density at radius 1 is 0.971 bits per heavy atom. The van der Waals surface area contributed by atoms with Crippen molar-refractivity contribution in [3.05, 3.63) is 72.8 Å². The SMILES string of the molecule is C=C1CC[C@@H](CC2COC(C)(C)O2)O[C@@H]1CO[Si](c1ccccc1)(c1ccccc1)C(C)(C)C. The van der Waals surface area contributed by atoms with E-state index >= 15 is 0 Å². The molecular formula is C29H40O4Si. The molecule has 0 radical (unpaired) electrons. The fourth-order valence-corrected chi connectivity index (χ4v) is 9.93. The highest BCUT2D eigenvalue weighted by Gasteiger charge is 2.50. The Kier molecular flexibility index (Phi) is 7.51. The van der Waals surface area contributed by atoms with Gasteiger partial charge in [-0.3, -0.25) is 0 Å². The molecule has 0 aromatic heterocycles. The molecule has 3 atom stereocenters. The highest BCUT2D eigenvalue weighted by atomic mass is 28.4. The summed E-state index contributed by atoms with van der Waals surface area (Å²) in [5.74, 6) is -0.505. The predicted molar refractivity (Wildman–Crippen MR) is 140 cm³/mol. The third-order valence-corrected chi connectivity index (χ3v) is 12.1. The van der Waals surface area contributed by atoms with Crippen LogP contribution in [0.5, 0.6) is 0 Å². The second-order valence-electron chi connectivity index (χ2n) is 11.1. The molecule has 5 heteroatoms. The van der Waals surface area contributed by atoms with Gasteiger partial charge in [-0.2, -0.15) is 0 Å². The van der Waals surface area contributed by atoms with Gasteiger partial charge in [0.1, 0.15) is 6.10 Å². The molecule has 0 saturated carbocycles. The van der Waals surface area contributed by atoms with Gasteiger partial charge >= 0.3 is 0 Å². The van der Waals surface area contributed by atoms with Crippen molar-refractivity contribution in [2.45, 2.75) is 83.0 Å². The van der Waals surface area contributed by atoms with Crippen LogP contribution in [0.15, 0.2) is 72.8 Å². The van der Waals surface area contributed by atoms with E-state index < -0.39 is 14.1 Å². The molecule has 2 heterocycles. The summed E-state index contributed by atoms with van der Waals surface area (Å²) in [7, 11) is -2.61. The molecule has 184 valence electrons. The molecule has 4 nitrogen and oxygen atoms in total. The van der Waals surface area contributed by atoms with Crippen LogP contribution in [-0.2, 0) is 18.6 Å². The van der Waals surface area contributed by atoms with E-state index in [-0.39, 0.29) is 23.4 Å². The van der Waals surface area contributed by atoms with Crippen molar-refractivity contribution < 1.29 is 18.6 Å². The maximum Gasteiger partial charge on any atom is 0.261 e. The van der Waals surface area contributed by atoms with Crippen LogP contribution in [0.3, 0.4) is 0 Å². The zero-order valence-electron chi connectivity index (χ0n) is 21.4. The van der Waals surface area contributed by atoms with Crippen LogP contribution in [0.1, 0.15) is 53.9 Å². The Hall–Kier alpha value is -1.76. The minimum Gasteiger partial charge on any atom is -0.404 e. The van der Waals surface area contributed by atoms with E-state index in [0.29, 0.717) is 13.2 Å². The molecular weight excluding hydrogens is 440 g/mol. The number of rotatable bonds is 7. The molecule has 2 aromatic carbocycles. The number of hydrogen-bond donors (Lipinski definition) is 0. The van der Waals surface area contributed by atoms with E-state index in [1.54, 1.807) is 0 Å². The molecule has 2 aliphatic rings.